The number of carbonyl (C=O) groups excluding carboxylic acids is 2. The highest BCUT2D eigenvalue weighted by molar-refractivity contribution is 7.80. The number of hydrogen-bond acceptors (Lipinski definition) is 6. The summed E-state index contributed by atoms with van der Waals surface area (Å²) in [7, 11) is -5.13. The first-order valence-electron chi connectivity index (χ1n) is 11.8. The molecule has 2 aliphatic heterocycles. The maximum atomic E-state index is 14.1. The molecule has 0 unspecified atom stereocenters. The molecular weight excluding hydrogens is 496 g/mol. The summed E-state index contributed by atoms with van der Waals surface area (Å²) in [6, 6.07) is 20.8. The van der Waals surface area contributed by atoms with Gasteiger partial charge in [0.1, 0.15) is 0 Å². The number of hydrogen-bond donors (Lipinski definition) is 1. The normalized spacial score (nSPS) is 19.5. The van der Waals surface area contributed by atoms with Gasteiger partial charge in [-0.25, -0.2) is 13.2 Å². The highest BCUT2D eigenvalue weighted by Gasteiger charge is 2.49. The predicted octanol–water partition coefficient (Wildman–Crippen LogP) is 2.95. The molecule has 11 heteroatoms. The Morgan fingerprint density at radius 3 is 2.51 bits per heavy atom. The number of ketones is 1. The molecule has 2 aromatic heterocycles. The Kier molecular flexibility index (Phi) is 5.55. The summed E-state index contributed by atoms with van der Waals surface area (Å²) in [5, 5.41) is 1.44. The van der Waals surface area contributed by atoms with Gasteiger partial charge in [0.05, 0.1) is 23.3 Å². The van der Waals surface area contributed by atoms with Crippen LogP contribution in [0.4, 0.5) is 4.79 Å². The van der Waals surface area contributed by atoms with Crippen molar-refractivity contribution in [1.29, 1.82) is 0 Å². The Bertz CT molecular complexity index is 1640. The van der Waals surface area contributed by atoms with Crippen molar-refractivity contribution in [1.82, 2.24) is 14.9 Å². The van der Waals surface area contributed by atoms with Crippen LogP contribution in [0.3, 0.4) is 0 Å². The van der Waals surface area contributed by atoms with Gasteiger partial charge in [0.2, 0.25) is 27.6 Å². The molecule has 2 aromatic carbocycles. The van der Waals surface area contributed by atoms with Crippen LogP contribution in [0.25, 0.3) is 27.8 Å². The molecule has 2 atom stereocenters. The maximum absolute atomic E-state index is 14.1. The zero-order valence-electron chi connectivity index (χ0n) is 19.5. The lowest BCUT2D eigenvalue weighted by atomic mass is 9.93. The van der Waals surface area contributed by atoms with E-state index in [0.29, 0.717) is 29.2 Å². The second-order valence-corrected chi connectivity index (χ2v) is 10.0. The molecule has 0 saturated carbocycles. The van der Waals surface area contributed by atoms with Crippen molar-refractivity contribution in [2.45, 2.75) is 24.9 Å². The summed E-state index contributed by atoms with van der Waals surface area (Å²) in [6.45, 7) is 0.0929. The molecular formula is C26H22N4O6S. The number of carbonyl (C=O) groups is 2. The molecule has 0 aliphatic carbocycles. The van der Waals surface area contributed by atoms with Gasteiger partial charge in [-0.2, -0.15) is 13.9 Å². The summed E-state index contributed by atoms with van der Waals surface area (Å²) >= 11 is 0. The van der Waals surface area contributed by atoms with Crippen molar-refractivity contribution in [3.05, 3.63) is 84.7 Å². The van der Waals surface area contributed by atoms with Crippen molar-refractivity contribution in [2.24, 2.45) is 0 Å². The van der Waals surface area contributed by atoms with Crippen molar-refractivity contribution in [3.63, 3.8) is 0 Å². The van der Waals surface area contributed by atoms with E-state index in [1.807, 2.05) is 83.6 Å². The number of pyridine rings is 1. The highest BCUT2D eigenvalue weighted by atomic mass is 32.3. The summed E-state index contributed by atoms with van der Waals surface area (Å²) in [5.41, 5.74) is 3.54. The van der Waals surface area contributed by atoms with Crippen LogP contribution in [-0.2, 0) is 14.7 Å². The smallest absolute Gasteiger partial charge is 0.346 e. The Hall–Kier alpha value is -4.06. The monoisotopic (exact) mass is 518 g/mol. The summed E-state index contributed by atoms with van der Waals surface area (Å²) in [5.74, 6) is -0.298. The molecule has 1 N–H and O–H groups in total. The van der Waals surface area contributed by atoms with E-state index in [2.05, 4.69) is 9.27 Å². The van der Waals surface area contributed by atoms with Gasteiger partial charge in [0, 0.05) is 41.7 Å². The van der Waals surface area contributed by atoms with E-state index in [-0.39, 0.29) is 12.3 Å². The number of Topliss-reactive ketones (excluding diaryl/α,β-unsaturated/α-hetero) is 1. The minimum atomic E-state index is -5.13. The van der Waals surface area contributed by atoms with Gasteiger partial charge in [-0.15, -0.1) is 0 Å². The van der Waals surface area contributed by atoms with Crippen molar-refractivity contribution >= 4 is 33.1 Å². The van der Waals surface area contributed by atoms with Gasteiger partial charge >= 0.3 is 6.03 Å². The van der Waals surface area contributed by atoms with Crippen LogP contribution >= 0.6 is 0 Å². The number of amides is 2. The second kappa shape index (κ2) is 8.80. The number of nitrogens with zero attached hydrogens (tertiary/aromatic N) is 3. The van der Waals surface area contributed by atoms with Gasteiger partial charge in [-0.1, -0.05) is 36.4 Å². The van der Waals surface area contributed by atoms with E-state index >= 15 is 0 Å². The molecule has 2 bridgehead atoms. The molecule has 188 valence electrons. The number of hydroxylamine groups is 2. The third kappa shape index (κ3) is 4.06. The first-order chi connectivity index (χ1) is 17.8. The minimum Gasteiger partial charge on any atom is -0.724 e. The molecule has 2 fully saturated rings. The number of benzene rings is 2. The minimum absolute atomic E-state index is 0.0929. The largest absolute Gasteiger partial charge is 0.724 e. The van der Waals surface area contributed by atoms with Crippen LogP contribution < -0.4 is 4.57 Å². The number of piperidine rings is 1. The van der Waals surface area contributed by atoms with Gasteiger partial charge in [0.25, 0.3) is 0 Å². The zero-order valence-corrected chi connectivity index (χ0v) is 20.3. The molecule has 37 heavy (non-hydrogen) atoms. The molecule has 0 spiro atoms. The van der Waals surface area contributed by atoms with Crippen molar-refractivity contribution < 1.29 is 31.4 Å². The fraction of sp³-hybridized carbons (Fsp3) is 0.192. The van der Waals surface area contributed by atoms with E-state index in [0.717, 1.165) is 22.3 Å². The van der Waals surface area contributed by atoms with Gasteiger partial charge in [-0.05, 0) is 25.0 Å². The summed E-state index contributed by atoms with van der Waals surface area (Å²) in [6.07, 6.45) is 2.55. The first-order valence-corrected chi connectivity index (χ1v) is 13.1. The number of para-hydroxylation sites is 2. The fourth-order valence-corrected chi connectivity index (χ4v) is 5.70. The number of urea groups is 1. The van der Waals surface area contributed by atoms with E-state index in [1.54, 1.807) is 0 Å². The number of rotatable bonds is 6. The van der Waals surface area contributed by atoms with E-state index in [4.69, 9.17) is 0 Å². The number of nitrogens with one attached hydrogen (secondary N) is 1. The predicted molar refractivity (Wildman–Crippen MR) is 131 cm³/mol. The van der Waals surface area contributed by atoms with Crippen molar-refractivity contribution in [3.8, 4) is 16.9 Å². The third-order valence-corrected chi connectivity index (χ3v) is 7.24. The Balaban J connectivity index is 1.45. The fourth-order valence-electron chi connectivity index (χ4n) is 5.32. The Morgan fingerprint density at radius 2 is 1.73 bits per heavy atom. The second-order valence-electron chi connectivity index (χ2n) is 9.07. The lowest BCUT2D eigenvalue weighted by Crippen LogP contribution is -2.45. The molecule has 4 aromatic rings. The van der Waals surface area contributed by atoms with Crippen LogP contribution in [0, 0.1) is 0 Å². The topological polar surface area (TPSA) is 127 Å². The number of H-pyrrole nitrogens is 1. The first kappa shape index (κ1) is 23.3. The van der Waals surface area contributed by atoms with Crippen LogP contribution in [0.1, 0.15) is 23.3 Å². The lowest BCUT2D eigenvalue weighted by Gasteiger charge is -2.29. The lowest BCUT2D eigenvalue weighted by molar-refractivity contribution is -0.583. The molecule has 2 aliphatic rings. The highest BCUT2D eigenvalue weighted by Crippen LogP contribution is 2.36. The molecule has 6 rings (SSSR count). The van der Waals surface area contributed by atoms with Crippen LogP contribution in [0.15, 0.2) is 79.0 Å². The quantitative estimate of drug-likeness (QED) is 0.181. The van der Waals surface area contributed by atoms with Crippen LogP contribution in [0.2, 0.25) is 0 Å². The van der Waals surface area contributed by atoms with Gasteiger partial charge < -0.3 is 14.4 Å². The van der Waals surface area contributed by atoms with E-state index < -0.39 is 28.5 Å². The van der Waals surface area contributed by atoms with E-state index in [1.165, 1.54) is 4.90 Å². The van der Waals surface area contributed by atoms with Crippen LogP contribution in [0.5, 0.6) is 0 Å². The number of aromatic amines is 1. The molecule has 4 heterocycles. The summed E-state index contributed by atoms with van der Waals surface area (Å²) in [4.78, 5) is 31.6. The molecule has 0 radical (unpaired) electrons. The van der Waals surface area contributed by atoms with Gasteiger partial charge in [-0.3, -0.25) is 4.79 Å². The van der Waals surface area contributed by atoms with E-state index in [9.17, 15) is 22.6 Å². The number of aromatic nitrogens is 2. The molecule has 10 nitrogen and oxygen atoms in total. The Labute approximate surface area is 212 Å². The number of fused-ring (bicyclic) bond motifs is 3. The molecule has 2 amide bonds. The average molecular weight is 519 g/mol. The molecule has 2 saturated heterocycles. The standard InChI is InChI=1S/C26H22N4O6S/c31-25(22-14-13-18-16-29(22)26(32)30(18)36-37(33,34)35)24-23(19-10-4-5-11-20(19)27-24)21-12-6-7-15-28(21)17-8-2-1-3-9-17/h1-12,15,18,22H,13-14,16H2,(H,33,34,35)/t18-,22+/m1/s1. The third-order valence-electron chi connectivity index (χ3n) is 6.90. The van der Waals surface area contributed by atoms with Crippen molar-refractivity contribution in [2.75, 3.05) is 6.54 Å². The maximum Gasteiger partial charge on any atom is 0.346 e. The SMILES string of the molecule is O=C(c1[nH]c2ccccc2c1-c1cccc[n+]1-c1ccccc1)[C@@H]1CC[C@@H]2CN1C(=O)N2OS(=O)(=O)[O-]. The summed E-state index contributed by atoms with van der Waals surface area (Å²) < 4.78 is 39.8. The van der Waals surface area contributed by atoms with Gasteiger partial charge in [0.15, 0.2) is 6.20 Å². The average Bonchev–Trinajstić information content (AvgIpc) is 3.39. The zero-order chi connectivity index (χ0) is 25.7. The van der Waals surface area contributed by atoms with Crippen LogP contribution in [-0.4, -0.2) is 58.4 Å². The Morgan fingerprint density at radius 1 is 1.00 bits per heavy atom.